The van der Waals surface area contributed by atoms with E-state index >= 15 is 0 Å². The maximum Gasteiger partial charge on any atom is 0.400 e. The Bertz CT molecular complexity index is 400. The largest absolute Gasteiger partial charge is 0.400 e. The Labute approximate surface area is 89.0 Å². The van der Waals surface area contributed by atoms with Gasteiger partial charge in [0.05, 0.1) is 4.92 Å². The van der Waals surface area contributed by atoms with Crippen LogP contribution in [0.4, 0.5) is 13.2 Å². The van der Waals surface area contributed by atoms with Gasteiger partial charge in [0.25, 0.3) is 5.70 Å². The molecule has 1 saturated heterocycles. The van der Waals surface area contributed by atoms with Crippen LogP contribution in [0, 0.1) is 15.5 Å². The SMILES string of the molecule is O=[N+]([O-])C1=C2NCCC2(C(F)(F)F)CC=C1. The highest BCUT2D eigenvalue weighted by molar-refractivity contribution is 5.34. The van der Waals surface area contributed by atoms with Gasteiger partial charge >= 0.3 is 6.18 Å². The number of allylic oxidation sites excluding steroid dienone is 3. The van der Waals surface area contributed by atoms with Crippen LogP contribution < -0.4 is 5.32 Å². The lowest BCUT2D eigenvalue weighted by molar-refractivity contribution is -0.422. The standard InChI is InChI=1S/C9H9F3N2O2/c10-9(11,12)8-3-1-2-6(14(15)16)7(8)13-5-4-8/h1-2,13H,3-5H2. The molecule has 1 aliphatic carbocycles. The molecule has 0 saturated carbocycles. The average molecular weight is 234 g/mol. The number of nitro groups is 1. The molecule has 0 aromatic carbocycles. The Morgan fingerprint density at radius 2 is 2.19 bits per heavy atom. The Kier molecular flexibility index (Phi) is 2.21. The highest BCUT2D eigenvalue weighted by atomic mass is 19.4. The average Bonchev–Trinajstić information content (AvgIpc) is 2.60. The lowest BCUT2D eigenvalue weighted by Gasteiger charge is -2.32. The molecule has 4 nitrogen and oxygen atoms in total. The molecule has 1 unspecified atom stereocenters. The molecule has 88 valence electrons. The Morgan fingerprint density at radius 3 is 2.75 bits per heavy atom. The van der Waals surface area contributed by atoms with Crippen LogP contribution in [0.2, 0.25) is 0 Å². The zero-order valence-electron chi connectivity index (χ0n) is 8.17. The Morgan fingerprint density at radius 1 is 1.50 bits per heavy atom. The summed E-state index contributed by atoms with van der Waals surface area (Å²) in [7, 11) is 0. The van der Waals surface area contributed by atoms with Gasteiger partial charge in [0.2, 0.25) is 0 Å². The summed E-state index contributed by atoms with van der Waals surface area (Å²) in [4.78, 5) is 9.88. The minimum Gasteiger partial charge on any atom is -0.382 e. The molecule has 1 atom stereocenters. The molecule has 2 aliphatic rings. The topological polar surface area (TPSA) is 55.2 Å². The highest BCUT2D eigenvalue weighted by Crippen LogP contribution is 2.53. The second-order valence-electron chi connectivity index (χ2n) is 3.88. The Hall–Kier alpha value is -1.53. The van der Waals surface area contributed by atoms with E-state index in [-0.39, 0.29) is 25.1 Å². The molecule has 1 N–H and O–H groups in total. The summed E-state index contributed by atoms with van der Waals surface area (Å²) >= 11 is 0. The number of nitrogens with zero attached hydrogens (tertiary/aromatic N) is 1. The molecule has 0 aromatic rings. The lowest BCUT2D eigenvalue weighted by Crippen LogP contribution is -2.40. The van der Waals surface area contributed by atoms with Gasteiger partial charge in [-0.2, -0.15) is 13.2 Å². The van der Waals surface area contributed by atoms with Crippen molar-refractivity contribution in [3.63, 3.8) is 0 Å². The number of rotatable bonds is 1. The molecule has 1 fully saturated rings. The third-order valence-corrected chi connectivity index (χ3v) is 3.07. The van der Waals surface area contributed by atoms with Crippen molar-refractivity contribution >= 4 is 0 Å². The van der Waals surface area contributed by atoms with Crippen LogP contribution in [0.15, 0.2) is 23.5 Å². The molecule has 1 heterocycles. The first-order valence-corrected chi connectivity index (χ1v) is 4.75. The van der Waals surface area contributed by atoms with Crippen LogP contribution in [-0.4, -0.2) is 17.6 Å². The number of nitrogens with one attached hydrogen (secondary N) is 1. The number of halogens is 3. The van der Waals surface area contributed by atoms with E-state index in [0.29, 0.717) is 0 Å². The van der Waals surface area contributed by atoms with Gasteiger partial charge in [0, 0.05) is 12.6 Å². The van der Waals surface area contributed by atoms with Crippen LogP contribution >= 0.6 is 0 Å². The second-order valence-corrected chi connectivity index (χ2v) is 3.88. The van der Waals surface area contributed by atoms with Gasteiger partial charge < -0.3 is 5.32 Å². The Balaban J connectivity index is 2.56. The summed E-state index contributed by atoms with van der Waals surface area (Å²) in [5.41, 5.74) is -2.84. The molecule has 0 amide bonds. The van der Waals surface area contributed by atoms with Crippen LogP contribution in [-0.2, 0) is 0 Å². The summed E-state index contributed by atoms with van der Waals surface area (Å²) in [5, 5.41) is 13.2. The van der Waals surface area contributed by atoms with E-state index in [4.69, 9.17) is 0 Å². The zero-order chi connectivity index (χ0) is 12.0. The molecule has 0 spiro atoms. The van der Waals surface area contributed by atoms with Crippen molar-refractivity contribution in [2.45, 2.75) is 19.0 Å². The quantitative estimate of drug-likeness (QED) is 0.557. The van der Waals surface area contributed by atoms with Gasteiger partial charge in [-0.25, -0.2) is 0 Å². The first-order chi connectivity index (χ1) is 7.38. The fourth-order valence-electron chi connectivity index (χ4n) is 2.24. The third kappa shape index (κ3) is 1.30. The van der Waals surface area contributed by atoms with Crippen molar-refractivity contribution in [3.05, 3.63) is 33.7 Å². The third-order valence-electron chi connectivity index (χ3n) is 3.07. The molecule has 0 radical (unpaired) electrons. The van der Waals surface area contributed by atoms with Crippen LogP contribution in [0.5, 0.6) is 0 Å². The summed E-state index contributed by atoms with van der Waals surface area (Å²) in [5.74, 6) is 0. The fraction of sp³-hybridized carbons (Fsp3) is 0.556. The molecular weight excluding hydrogens is 225 g/mol. The minimum atomic E-state index is -4.46. The molecule has 0 bridgehead atoms. The van der Waals surface area contributed by atoms with E-state index in [1.807, 2.05) is 0 Å². The first kappa shape index (κ1) is 11.0. The predicted octanol–water partition coefficient (Wildman–Crippen LogP) is 1.98. The van der Waals surface area contributed by atoms with E-state index < -0.39 is 22.2 Å². The maximum absolute atomic E-state index is 13.0. The summed E-state index contributed by atoms with van der Waals surface area (Å²) in [6, 6.07) is 0. The van der Waals surface area contributed by atoms with Gasteiger partial charge in [-0.15, -0.1) is 0 Å². The highest BCUT2D eigenvalue weighted by Gasteiger charge is 2.61. The molecular formula is C9H9F3N2O2. The fourth-order valence-corrected chi connectivity index (χ4v) is 2.24. The second kappa shape index (κ2) is 3.23. The smallest absolute Gasteiger partial charge is 0.382 e. The summed E-state index contributed by atoms with van der Waals surface area (Å²) in [6.07, 6.45) is -2.47. The van der Waals surface area contributed by atoms with Crippen LogP contribution in [0.25, 0.3) is 0 Å². The number of fused-ring (bicyclic) bond motifs is 1. The number of alkyl halides is 3. The van der Waals surface area contributed by atoms with Crippen molar-refractivity contribution in [2.24, 2.45) is 5.41 Å². The van der Waals surface area contributed by atoms with Crippen molar-refractivity contribution in [1.29, 1.82) is 0 Å². The van der Waals surface area contributed by atoms with E-state index in [1.165, 1.54) is 6.08 Å². The van der Waals surface area contributed by atoms with Gasteiger partial charge in [0.15, 0.2) is 0 Å². The van der Waals surface area contributed by atoms with Crippen molar-refractivity contribution in [1.82, 2.24) is 5.32 Å². The van der Waals surface area contributed by atoms with Crippen molar-refractivity contribution in [2.75, 3.05) is 6.54 Å². The summed E-state index contributed by atoms with van der Waals surface area (Å²) < 4.78 is 39.0. The maximum atomic E-state index is 13.0. The van der Waals surface area contributed by atoms with Gasteiger partial charge in [0.1, 0.15) is 11.1 Å². The van der Waals surface area contributed by atoms with E-state index in [1.54, 1.807) is 0 Å². The number of hydrogen-bond donors (Lipinski definition) is 1. The van der Waals surface area contributed by atoms with E-state index in [9.17, 15) is 23.3 Å². The molecule has 2 rings (SSSR count). The number of hydrogen-bond acceptors (Lipinski definition) is 3. The molecule has 16 heavy (non-hydrogen) atoms. The predicted molar refractivity (Wildman–Crippen MR) is 48.9 cm³/mol. The van der Waals surface area contributed by atoms with Crippen molar-refractivity contribution in [3.8, 4) is 0 Å². The zero-order valence-corrected chi connectivity index (χ0v) is 8.17. The van der Waals surface area contributed by atoms with Gasteiger partial charge in [-0.05, 0) is 12.8 Å². The molecule has 0 aromatic heterocycles. The van der Waals surface area contributed by atoms with Gasteiger partial charge in [-0.3, -0.25) is 10.1 Å². The van der Waals surface area contributed by atoms with Crippen LogP contribution in [0.1, 0.15) is 12.8 Å². The van der Waals surface area contributed by atoms with Crippen LogP contribution in [0.3, 0.4) is 0 Å². The van der Waals surface area contributed by atoms with Crippen molar-refractivity contribution < 1.29 is 18.1 Å². The van der Waals surface area contributed by atoms with E-state index in [2.05, 4.69) is 5.32 Å². The molecule has 1 aliphatic heterocycles. The summed E-state index contributed by atoms with van der Waals surface area (Å²) in [6.45, 7) is 0.119. The minimum absolute atomic E-state index is 0.119. The molecule has 7 heteroatoms. The van der Waals surface area contributed by atoms with Gasteiger partial charge in [-0.1, -0.05) is 6.08 Å². The monoisotopic (exact) mass is 234 g/mol. The lowest BCUT2D eigenvalue weighted by atomic mass is 9.77. The first-order valence-electron chi connectivity index (χ1n) is 4.75. The normalized spacial score (nSPS) is 28.9. The van der Waals surface area contributed by atoms with E-state index in [0.717, 1.165) is 6.08 Å².